The molecule has 0 saturated heterocycles. The number of rotatable bonds is 1. The summed E-state index contributed by atoms with van der Waals surface area (Å²) in [6.45, 7) is 0. The van der Waals surface area contributed by atoms with Crippen LogP contribution in [0.2, 0.25) is 0 Å². The van der Waals surface area contributed by atoms with E-state index in [0.29, 0.717) is 5.75 Å². The Balaban J connectivity index is 2.59. The number of ether oxygens (including phenoxy) is 1. The molecule has 0 N–H and O–H groups in total. The number of hydrogen-bond donors (Lipinski definition) is 0. The zero-order valence-electron chi connectivity index (χ0n) is 7.11. The van der Waals surface area contributed by atoms with Gasteiger partial charge < -0.3 is 4.74 Å². The maximum Gasteiger partial charge on any atom is 0.409 e. The zero-order valence-corrected chi connectivity index (χ0v) is 7.86. The van der Waals surface area contributed by atoms with Gasteiger partial charge in [0.25, 0.3) is 0 Å². The van der Waals surface area contributed by atoms with Crippen LogP contribution in [0.5, 0.6) is 5.75 Å². The van der Waals surface area contributed by atoms with E-state index in [2.05, 4.69) is 4.98 Å². The molecular weight excluding hydrogens is 202 g/mol. The van der Waals surface area contributed by atoms with Crippen molar-refractivity contribution < 1.29 is 9.53 Å². The van der Waals surface area contributed by atoms with Crippen molar-refractivity contribution in [3.63, 3.8) is 0 Å². The minimum absolute atomic E-state index is 0.426. The van der Waals surface area contributed by atoms with Gasteiger partial charge >= 0.3 is 5.43 Å². The van der Waals surface area contributed by atoms with Crippen LogP contribution in [0.1, 0.15) is 0 Å². The molecule has 0 radical (unpaired) electrons. The largest absolute Gasteiger partial charge is 0.414 e. The summed E-state index contributed by atoms with van der Waals surface area (Å²) in [5, 5.41) is 0.768. The lowest BCUT2D eigenvalue weighted by Gasteiger charge is -2.03. The second-order valence-electron chi connectivity index (χ2n) is 2.67. The summed E-state index contributed by atoms with van der Waals surface area (Å²) in [5.41, 5.74) is -0.0794. The van der Waals surface area contributed by atoms with Gasteiger partial charge in [-0.25, -0.2) is 4.79 Å². The number of hydrogen-bond acceptors (Lipinski definition) is 3. The molecule has 0 aliphatic carbocycles. The van der Waals surface area contributed by atoms with E-state index >= 15 is 0 Å². The van der Waals surface area contributed by atoms with E-state index in [-0.39, 0.29) is 0 Å². The van der Waals surface area contributed by atoms with E-state index in [4.69, 9.17) is 16.3 Å². The molecular formula is C10H6ClNO2. The van der Waals surface area contributed by atoms with Gasteiger partial charge in [0.2, 0.25) is 0 Å². The highest BCUT2D eigenvalue weighted by molar-refractivity contribution is 6.61. The van der Waals surface area contributed by atoms with E-state index in [1.165, 1.54) is 0 Å². The maximum atomic E-state index is 10.6. The third-order valence-corrected chi connectivity index (χ3v) is 1.87. The number of halogens is 1. The summed E-state index contributed by atoms with van der Waals surface area (Å²) < 4.78 is 4.81. The topological polar surface area (TPSA) is 39.2 Å². The Morgan fingerprint density at radius 1 is 1.29 bits per heavy atom. The van der Waals surface area contributed by atoms with Gasteiger partial charge in [0, 0.05) is 23.2 Å². The normalized spacial score (nSPS) is 10.1. The van der Waals surface area contributed by atoms with Crippen LogP contribution < -0.4 is 4.74 Å². The van der Waals surface area contributed by atoms with Crippen molar-refractivity contribution >= 4 is 27.9 Å². The molecule has 2 rings (SSSR count). The molecule has 3 nitrogen and oxygen atoms in total. The van der Waals surface area contributed by atoms with Crippen LogP contribution in [-0.4, -0.2) is 10.4 Å². The van der Waals surface area contributed by atoms with Gasteiger partial charge in [-0.15, -0.1) is 0 Å². The fourth-order valence-electron chi connectivity index (χ4n) is 1.25. The molecule has 14 heavy (non-hydrogen) atoms. The number of fused-ring (bicyclic) bond motifs is 1. The lowest BCUT2D eigenvalue weighted by atomic mass is 10.2. The van der Waals surface area contributed by atoms with Crippen molar-refractivity contribution in [2.45, 2.75) is 0 Å². The van der Waals surface area contributed by atoms with Crippen LogP contribution in [0.25, 0.3) is 10.9 Å². The lowest BCUT2D eigenvalue weighted by Crippen LogP contribution is -1.96. The van der Waals surface area contributed by atoms with Crippen molar-refractivity contribution in [2.75, 3.05) is 0 Å². The van der Waals surface area contributed by atoms with E-state index < -0.39 is 5.43 Å². The minimum Gasteiger partial charge on any atom is -0.414 e. The summed E-state index contributed by atoms with van der Waals surface area (Å²) in [6, 6.07) is 8.85. The van der Waals surface area contributed by atoms with Crippen molar-refractivity contribution in [1.29, 1.82) is 0 Å². The minimum atomic E-state index is -0.846. The third kappa shape index (κ3) is 1.67. The zero-order chi connectivity index (χ0) is 9.97. The Kier molecular flexibility index (Phi) is 2.33. The summed E-state index contributed by atoms with van der Waals surface area (Å²) in [4.78, 5) is 14.7. The quantitative estimate of drug-likeness (QED) is 0.675. The summed E-state index contributed by atoms with van der Waals surface area (Å²) in [5.74, 6) is 0.426. The Morgan fingerprint density at radius 2 is 2.14 bits per heavy atom. The molecule has 0 spiro atoms. The highest BCUT2D eigenvalue weighted by Crippen LogP contribution is 2.23. The molecule has 0 bridgehead atoms. The highest BCUT2D eigenvalue weighted by atomic mass is 35.5. The average molecular weight is 208 g/mol. The van der Waals surface area contributed by atoms with Crippen LogP contribution in [0.4, 0.5) is 4.79 Å². The predicted molar refractivity (Wildman–Crippen MR) is 53.6 cm³/mol. The molecule has 1 aromatic heterocycles. The number of benzene rings is 1. The van der Waals surface area contributed by atoms with Gasteiger partial charge in [0.15, 0.2) is 0 Å². The van der Waals surface area contributed by atoms with Crippen LogP contribution in [0, 0.1) is 0 Å². The smallest absolute Gasteiger partial charge is 0.409 e. The van der Waals surface area contributed by atoms with Crippen molar-refractivity contribution in [2.24, 2.45) is 0 Å². The Hall–Kier alpha value is -1.61. The van der Waals surface area contributed by atoms with Crippen LogP contribution in [-0.2, 0) is 0 Å². The van der Waals surface area contributed by atoms with Crippen LogP contribution in [0.3, 0.4) is 0 Å². The van der Waals surface area contributed by atoms with Gasteiger partial charge in [-0.2, -0.15) is 0 Å². The monoisotopic (exact) mass is 207 g/mol. The van der Waals surface area contributed by atoms with Gasteiger partial charge in [0.1, 0.15) is 5.75 Å². The fraction of sp³-hybridized carbons (Fsp3) is 0. The third-order valence-electron chi connectivity index (χ3n) is 1.80. The summed E-state index contributed by atoms with van der Waals surface area (Å²) in [7, 11) is 0. The second kappa shape index (κ2) is 3.64. The van der Waals surface area contributed by atoms with Crippen molar-refractivity contribution in [3.8, 4) is 5.75 Å². The first-order valence-electron chi connectivity index (χ1n) is 3.98. The predicted octanol–water partition coefficient (Wildman–Crippen LogP) is 2.97. The highest BCUT2D eigenvalue weighted by Gasteiger charge is 2.04. The van der Waals surface area contributed by atoms with E-state index in [1.54, 1.807) is 24.4 Å². The SMILES string of the molecule is O=C(Cl)Oc1cccc2ncccc12. The Bertz CT molecular complexity index is 479. The first-order valence-corrected chi connectivity index (χ1v) is 4.36. The van der Waals surface area contributed by atoms with Gasteiger partial charge in [-0.3, -0.25) is 4.98 Å². The maximum absolute atomic E-state index is 10.6. The molecule has 0 aliphatic heterocycles. The molecule has 70 valence electrons. The summed E-state index contributed by atoms with van der Waals surface area (Å²) >= 11 is 5.13. The van der Waals surface area contributed by atoms with Gasteiger partial charge in [0.05, 0.1) is 5.52 Å². The van der Waals surface area contributed by atoms with E-state index in [1.807, 2.05) is 12.1 Å². The summed E-state index contributed by atoms with van der Waals surface area (Å²) in [6.07, 6.45) is 1.68. The van der Waals surface area contributed by atoms with Crippen LogP contribution >= 0.6 is 11.6 Å². The number of pyridine rings is 1. The molecule has 0 fully saturated rings. The molecule has 1 heterocycles. The van der Waals surface area contributed by atoms with Crippen molar-refractivity contribution in [1.82, 2.24) is 4.98 Å². The molecule has 0 aliphatic rings. The first kappa shape index (κ1) is 8.97. The standard InChI is InChI=1S/C10H6ClNO2/c11-10(13)14-9-5-1-4-8-7(9)3-2-6-12-8/h1-6H. The molecule has 0 atom stereocenters. The Labute approximate surface area is 85.3 Å². The van der Waals surface area contributed by atoms with E-state index in [9.17, 15) is 4.79 Å². The van der Waals surface area contributed by atoms with Crippen molar-refractivity contribution in [3.05, 3.63) is 36.5 Å². The fourth-order valence-corrected chi connectivity index (χ4v) is 1.33. The average Bonchev–Trinajstić information content (AvgIpc) is 2.18. The van der Waals surface area contributed by atoms with Gasteiger partial charge in [-0.1, -0.05) is 6.07 Å². The first-order chi connectivity index (χ1) is 6.77. The number of carbonyl (C=O) groups excluding carboxylic acids is 1. The molecule has 0 saturated carbocycles. The van der Waals surface area contributed by atoms with Gasteiger partial charge in [-0.05, 0) is 24.3 Å². The molecule has 0 amide bonds. The molecule has 1 aromatic carbocycles. The lowest BCUT2D eigenvalue weighted by molar-refractivity contribution is 0.226. The number of carbonyl (C=O) groups is 1. The number of aromatic nitrogens is 1. The second-order valence-corrected chi connectivity index (χ2v) is 2.97. The molecule has 0 unspecified atom stereocenters. The van der Waals surface area contributed by atoms with Crippen LogP contribution in [0.15, 0.2) is 36.5 Å². The number of nitrogens with zero attached hydrogens (tertiary/aromatic N) is 1. The Morgan fingerprint density at radius 3 is 2.93 bits per heavy atom. The molecule has 4 heteroatoms. The van der Waals surface area contributed by atoms with E-state index in [0.717, 1.165) is 10.9 Å². The molecule has 2 aromatic rings.